The number of hydrogen-bond acceptors (Lipinski definition) is 2. The molecule has 1 aliphatic rings. The van der Waals surface area contributed by atoms with Crippen LogP contribution in [0.1, 0.15) is 11.1 Å². The molecule has 0 amide bonds. The lowest BCUT2D eigenvalue weighted by molar-refractivity contribution is 0.527. The van der Waals surface area contributed by atoms with E-state index in [1.807, 2.05) is 60.7 Å². The van der Waals surface area contributed by atoms with E-state index < -0.39 is 0 Å². The van der Waals surface area contributed by atoms with E-state index in [1.54, 1.807) is 0 Å². The van der Waals surface area contributed by atoms with Gasteiger partial charge >= 0.3 is 0 Å². The second kappa shape index (κ2) is 5.29. The van der Waals surface area contributed by atoms with Crippen molar-refractivity contribution in [2.24, 2.45) is 4.99 Å². The number of aliphatic imine (C=N–C) groups is 1. The van der Waals surface area contributed by atoms with Gasteiger partial charge in [-0.3, -0.25) is 0 Å². The number of benzene rings is 2. The second-order valence-corrected chi connectivity index (χ2v) is 4.63. The predicted molar refractivity (Wildman–Crippen MR) is 78.7 cm³/mol. The van der Waals surface area contributed by atoms with Gasteiger partial charge in [0.25, 0.3) is 0 Å². The van der Waals surface area contributed by atoms with Crippen LogP contribution in [0.4, 0.5) is 0 Å². The first-order valence-corrected chi connectivity index (χ1v) is 6.43. The van der Waals surface area contributed by atoms with Crippen LogP contribution in [0.2, 0.25) is 5.02 Å². The van der Waals surface area contributed by atoms with Gasteiger partial charge < -0.3 is 4.74 Å². The molecule has 2 aromatic carbocycles. The molecule has 2 nitrogen and oxygen atoms in total. The van der Waals surface area contributed by atoms with Crippen molar-refractivity contribution >= 4 is 23.6 Å². The molecule has 0 spiro atoms. The maximum atomic E-state index is 6.09. The third-order valence-electron chi connectivity index (χ3n) is 2.90. The first-order chi connectivity index (χ1) is 9.33. The van der Waals surface area contributed by atoms with Crippen LogP contribution in [0.3, 0.4) is 0 Å². The highest BCUT2D eigenvalue weighted by molar-refractivity contribution is 6.32. The van der Waals surface area contributed by atoms with Gasteiger partial charge in [-0.05, 0) is 23.8 Å². The summed E-state index contributed by atoms with van der Waals surface area (Å²) in [7, 11) is 0. The molecule has 0 aliphatic carbocycles. The van der Waals surface area contributed by atoms with Gasteiger partial charge in [-0.2, -0.15) is 0 Å². The molecular formula is C16H12ClNO. The van der Waals surface area contributed by atoms with Gasteiger partial charge in [-0.1, -0.05) is 48.0 Å². The normalized spacial score (nSPS) is 13.8. The summed E-state index contributed by atoms with van der Waals surface area (Å²) < 4.78 is 5.71. The second-order valence-electron chi connectivity index (χ2n) is 4.22. The van der Waals surface area contributed by atoms with Crippen LogP contribution >= 0.6 is 11.6 Å². The van der Waals surface area contributed by atoms with E-state index in [0.29, 0.717) is 12.4 Å². The molecule has 0 saturated heterocycles. The lowest BCUT2D eigenvalue weighted by Crippen LogP contribution is -2.11. The third-order valence-corrected chi connectivity index (χ3v) is 3.25. The van der Waals surface area contributed by atoms with Crippen LogP contribution in [0.25, 0.3) is 6.08 Å². The Morgan fingerprint density at radius 1 is 1.00 bits per heavy atom. The summed E-state index contributed by atoms with van der Waals surface area (Å²) in [6.07, 6.45) is 3.76. The molecule has 1 aliphatic heterocycles. The molecule has 94 valence electrons. The third kappa shape index (κ3) is 2.69. The number of nitrogens with zero attached hydrogens (tertiary/aromatic N) is 1. The van der Waals surface area contributed by atoms with Crippen molar-refractivity contribution < 1.29 is 4.74 Å². The van der Waals surface area contributed by atoms with Crippen LogP contribution in [0, 0.1) is 0 Å². The molecule has 2 aromatic rings. The summed E-state index contributed by atoms with van der Waals surface area (Å²) in [4.78, 5) is 4.38. The average Bonchev–Trinajstić information content (AvgIpc) is 2.46. The number of fused-ring (bicyclic) bond motifs is 1. The molecule has 0 saturated carbocycles. The molecule has 0 bridgehead atoms. The summed E-state index contributed by atoms with van der Waals surface area (Å²) in [5.41, 5.74) is 2.06. The first kappa shape index (κ1) is 12.0. The largest absolute Gasteiger partial charge is 0.439 e. The molecule has 1 heterocycles. The average molecular weight is 270 g/mol. The van der Waals surface area contributed by atoms with Gasteiger partial charge in [0.15, 0.2) is 0 Å². The van der Waals surface area contributed by atoms with E-state index in [0.717, 1.165) is 21.9 Å². The van der Waals surface area contributed by atoms with Crippen molar-refractivity contribution in [3.05, 3.63) is 70.8 Å². The molecule has 0 aromatic heterocycles. The summed E-state index contributed by atoms with van der Waals surface area (Å²) in [5, 5.41) is 0.718. The Bertz CT molecular complexity index is 661. The fourth-order valence-electron chi connectivity index (χ4n) is 1.90. The van der Waals surface area contributed by atoms with E-state index in [-0.39, 0.29) is 0 Å². The minimum atomic E-state index is 0.610. The Balaban J connectivity index is 1.79. The maximum absolute atomic E-state index is 6.09. The van der Waals surface area contributed by atoms with Crippen molar-refractivity contribution in [2.45, 2.75) is 6.54 Å². The zero-order valence-corrected chi connectivity index (χ0v) is 11.0. The molecule has 3 rings (SSSR count). The van der Waals surface area contributed by atoms with Crippen LogP contribution in [0.5, 0.6) is 5.75 Å². The molecule has 0 fully saturated rings. The lowest BCUT2D eigenvalue weighted by Gasteiger charge is -2.14. The Morgan fingerprint density at radius 2 is 1.79 bits per heavy atom. The molecule has 3 heteroatoms. The Kier molecular flexibility index (Phi) is 3.34. The van der Waals surface area contributed by atoms with Crippen molar-refractivity contribution in [2.75, 3.05) is 0 Å². The Hall–Kier alpha value is -2.06. The number of halogens is 1. The van der Waals surface area contributed by atoms with Gasteiger partial charge in [0.2, 0.25) is 5.90 Å². The van der Waals surface area contributed by atoms with E-state index in [2.05, 4.69) is 4.99 Å². The maximum Gasteiger partial charge on any atom is 0.215 e. The van der Waals surface area contributed by atoms with Crippen LogP contribution in [-0.2, 0) is 6.54 Å². The summed E-state index contributed by atoms with van der Waals surface area (Å²) in [6.45, 7) is 0.651. The van der Waals surface area contributed by atoms with E-state index in [1.165, 1.54) is 0 Å². The molecular weight excluding hydrogens is 258 g/mol. The van der Waals surface area contributed by atoms with Crippen LogP contribution in [0.15, 0.2) is 59.6 Å². The first-order valence-electron chi connectivity index (χ1n) is 6.06. The van der Waals surface area contributed by atoms with Crippen molar-refractivity contribution in [3.8, 4) is 5.75 Å². The van der Waals surface area contributed by atoms with Gasteiger partial charge in [0, 0.05) is 16.7 Å². The summed E-state index contributed by atoms with van der Waals surface area (Å²) in [5.74, 6) is 1.48. The van der Waals surface area contributed by atoms with Gasteiger partial charge in [-0.15, -0.1) is 0 Å². The zero-order valence-electron chi connectivity index (χ0n) is 10.2. The highest BCUT2D eigenvalue weighted by Gasteiger charge is 2.10. The minimum absolute atomic E-state index is 0.610. The van der Waals surface area contributed by atoms with E-state index in [9.17, 15) is 0 Å². The zero-order chi connectivity index (χ0) is 13.1. The molecule has 0 radical (unpaired) electrons. The number of para-hydroxylation sites is 1. The number of rotatable bonds is 2. The highest BCUT2D eigenvalue weighted by atomic mass is 35.5. The van der Waals surface area contributed by atoms with Crippen molar-refractivity contribution in [1.82, 2.24) is 0 Å². The Morgan fingerprint density at radius 3 is 2.68 bits per heavy atom. The lowest BCUT2D eigenvalue weighted by atomic mass is 10.2. The van der Waals surface area contributed by atoms with Gasteiger partial charge in [0.05, 0.1) is 6.54 Å². The number of hydrogen-bond donors (Lipinski definition) is 0. The standard InChI is InChI=1S/C16H12ClNO/c17-14-7-3-1-5-12(14)9-10-16-18-11-13-6-2-4-8-15(13)19-16/h1-10H,11H2. The van der Waals surface area contributed by atoms with Crippen molar-refractivity contribution in [1.29, 1.82) is 0 Å². The van der Waals surface area contributed by atoms with Gasteiger partial charge in [-0.25, -0.2) is 4.99 Å². The number of ether oxygens (including phenoxy) is 1. The van der Waals surface area contributed by atoms with Crippen LogP contribution in [-0.4, -0.2) is 5.90 Å². The predicted octanol–water partition coefficient (Wildman–Crippen LogP) is 4.34. The quantitative estimate of drug-likeness (QED) is 0.794. The topological polar surface area (TPSA) is 21.6 Å². The molecule has 0 atom stereocenters. The highest BCUT2D eigenvalue weighted by Crippen LogP contribution is 2.23. The summed E-state index contributed by atoms with van der Waals surface area (Å²) >= 11 is 6.09. The monoisotopic (exact) mass is 269 g/mol. The van der Waals surface area contributed by atoms with E-state index in [4.69, 9.17) is 16.3 Å². The molecule has 0 N–H and O–H groups in total. The van der Waals surface area contributed by atoms with Crippen LogP contribution < -0.4 is 4.74 Å². The fourth-order valence-corrected chi connectivity index (χ4v) is 2.10. The van der Waals surface area contributed by atoms with Crippen molar-refractivity contribution in [3.63, 3.8) is 0 Å². The SMILES string of the molecule is Clc1ccccc1C=CC1=NCc2ccccc2O1. The fraction of sp³-hybridized carbons (Fsp3) is 0.0625. The van der Waals surface area contributed by atoms with E-state index >= 15 is 0 Å². The minimum Gasteiger partial charge on any atom is -0.439 e. The molecule has 0 unspecified atom stereocenters. The van der Waals surface area contributed by atoms with Gasteiger partial charge in [0.1, 0.15) is 5.75 Å². The summed E-state index contributed by atoms with van der Waals surface area (Å²) in [6, 6.07) is 15.6. The molecule has 19 heavy (non-hydrogen) atoms. The smallest absolute Gasteiger partial charge is 0.215 e. The Labute approximate surface area is 117 Å².